The van der Waals surface area contributed by atoms with Crippen molar-refractivity contribution in [3.63, 3.8) is 0 Å². The largest absolute Gasteiger partial charge is 0.309 e. The minimum atomic E-state index is 0.850. The van der Waals surface area contributed by atoms with Crippen LogP contribution < -0.4 is 0 Å². The van der Waals surface area contributed by atoms with Crippen molar-refractivity contribution in [3.05, 3.63) is 188 Å². The molecule has 0 amide bonds. The Morgan fingerprint density at radius 3 is 1.66 bits per heavy atom. The van der Waals surface area contributed by atoms with Crippen molar-refractivity contribution in [2.75, 3.05) is 0 Å². The summed E-state index contributed by atoms with van der Waals surface area (Å²) in [6, 6.07) is 67.9. The Hall–Kier alpha value is -8.02. The molecule has 0 saturated heterocycles. The molecule has 59 heavy (non-hydrogen) atoms. The van der Waals surface area contributed by atoms with Crippen LogP contribution in [0, 0.1) is 0 Å². The van der Waals surface area contributed by atoms with Crippen LogP contribution in [-0.2, 0) is 0 Å². The number of rotatable bonds is 3. The van der Waals surface area contributed by atoms with Crippen LogP contribution in [0.1, 0.15) is 0 Å². The summed E-state index contributed by atoms with van der Waals surface area (Å²) in [6.45, 7) is 0. The monoisotopic (exact) mass is 749 g/mol. The lowest BCUT2D eigenvalue weighted by atomic mass is 10.0. The van der Waals surface area contributed by atoms with E-state index in [-0.39, 0.29) is 0 Å². The van der Waals surface area contributed by atoms with Gasteiger partial charge < -0.3 is 13.4 Å². The van der Waals surface area contributed by atoms with E-state index in [0.29, 0.717) is 0 Å². The minimum Gasteiger partial charge on any atom is -0.309 e. The van der Waals surface area contributed by atoms with E-state index < -0.39 is 0 Å². The summed E-state index contributed by atoms with van der Waals surface area (Å²) in [6.07, 6.45) is 0. The number of fused-ring (bicyclic) bond motifs is 14. The molecule has 272 valence electrons. The van der Waals surface area contributed by atoms with Gasteiger partial charge in [0.1, 0.15) is 0 Å². The number of aromatic nitrogens is 5. The zero-order valence-corrected chi connectivity index (χ0v) is 31.6. The van der Waals surface area contributed by atoms with Crippen molar-refractivity contribution in [1.29, 1.82) is 0 Å². The second kappa shape index (κ2) is 11.3. The number of hydrogen-bond acceptors (Lipinski definition) is 2. The van der Waals surface area contributed by atoms with Gasteiger partial charge in [-0.25, -0.2) is 9.97 Å². The Labute approximate surface area is 336 Å². The van der Waals surface area contributed by atoms with Crippen molar-refractivity contribution in [1.82, 2.24) is 23.3 Å². The lowest BCUT2D eigenvalue weighted by Gasteiger charge is -2.14. The molecule has 0 radical (unpaired) electrons. The lowest BCUT2D eigenvalue weighted by molar-refractivity contribution is 1.18. The normalized spacial score (nSPS) is 12.4. The molecule has 0 aliphatic carbocycles. The first-order chi connectivity index (χ1) is 29.3. The van der Waals surface area contributed by atoms with Crippen LogP contribution in [0.25, 0.3) is 126 Å². The van der Waals surface area contributed by atoms with Crippen LogP contribution in [0.3, 0.4) is 0 Å². The SMILES string of the molecule is c1ccc(-c2nc3ccc(-n4c5cc6ccccc6cc5c5c4cc4c6ccccc6n6c7cccc8c9ccccc9n(c87)c5c46)cc3nc2-c2ccccc2)cc1. The van der Waals surface area contributed by atoms with E-state index in [1.165, 1.54) is 76.2 Å². The Kier molecular flexibility index (Phi) is 5.96. The molecular formula is C54H31N5. The molecule has 5 heterocycles. The van der Waals surface area contributed by atoms with E-state index >= 15 is 0 Å². The molecular weight excluding hydrogens is 719 g/mol. The molecule has 0 fully saturated rings. The van der Waals surface area contributed by atoms with E-state index in [0.717, 1.165) is 50.3 Å². The van der Waals surface area contributed by atoms with Gasteiger partial charge in [0, 0.05) is 49.1 Å². The van der Waals surface area contributed by atoms with E-state index in [9.17, 15) is 0 Å². The molecule has 0 aliphatic heterocycles. The molecule has 5 nitrogen and oxygen atoms in total. The first-order valence-electron chi connectivity index (χ1n) is 20.2. The molecule has 14 rings (SSSR count). The molecule has 5 heteroatoms. The Bertz CT molecular complexity index is 4060. The van der Waals surface area contributed by atoms with Gasteiger partial charge in [-0.3, -0.25) is 0 Å². The molecule has 9 aromatic carbocycles. The zero-order valence-electron chi connectivity index (χ0n) is 31.6. The summed E-state index contributed by atoms with van der Waals surface area (Å²) in [5.74, 6) is 0. The van der Waals surface area contributed by atoms with Crippen LogP contribution in [0.15, 0.2) is 188 Å². The summed E-state index contributed by atoms with van der Waals surface area (Å²) < 4.78 is 7.55. The smallest absolute Gasteiger partial charge is 0.0973 e. The van der Waals surface area contributed by atoms with E-state index in [1.54, 1.807) is 0 Å². The van der Waals surface area contributed by atoms with E-state index in [2.05, 4.69) is 189 Å². The van der Waals surface area contributed by atoms with Crippen molar-refractivity contribution in [3.8, 4) is 28.2 Å². The second-order valence-corrected chi connectivity index (χ2v) is 15.8. The average molecular weight is 750 g/mol. The molecule has 0 aliphatic rings. The third kappa shape index (κ3) is 4.08. The summed E-state index contributed by atoms with van der Waals surface area (Å²) in [5.41, 5.74) is 16.2. The number of para-hydroxylation sites is 3. The van der Waals surface area contributed by atoms with Gasteiger partial charge in [0.15, 0.2) is 0 Å². The minimum absolute atomic E-state index is 0.850. The van der Waals surface area contributed by atoms with Crippen LogP contribution in [0.4, 0.5) is 0 Å². The highest BCUT2D eigenvalue weighted by Gasteiger charge is 2.26. The predicted octanol–water partition coefficient (Wildman–Crippen LogP) is 13.8. The second-order valence-electron chi connectivity index (χ2n) is 15.8. The fourth-order valence-corrected chi connectivity index (χ4v) is 10.2. The highest BCUT2D eigenvalue weighted by atomic mass is 15.0. The lowest BCUT2D eigenvalue weighted by Crippen LogP contribution is -1.99. The van der Waals surface area contributed by atoms with Gasteiger partial charge in [0.25, 0.3) is 0 Å². The summed E-state index contributed by atoms with van der Waals surface area (Å²) in [4.78, 5) is 10.7. The highest BCUT2D eigenvalue weighted by molar-refractivity contribution is 6.32. The third-order valence-corrected chi connectivity index (χ3v) is 12.7. The number of nitrogens with zero attached hydrogens (tertiary/aromatic N) is 5. The highest BCUT2D eigenvalue weighted by Crippen LogP contribution is 2.47. The first-order valence-corrected chi connectivity index (χ1v) is 20.2. The maximum atomic E-state index is 5.43. The molecule has 0 saturated carbocycles. The van der Waals surface area contributed by atoms with Gasteiger partial charge in [0.05, 0.1) is 66.6 Å². The van der Waals surface area contributed by atoms with Gasteiger partial charge in [-0.05, 0) is 65.4 Å². The fraction of sp³-hybridized carbons (Fsp3) is 0. The van der Waals surface area contributed by atoms with Crippen LogP contribution >= 0.6 is 0 Å². The van der Waals surface area contributed by atoms with Crippen molar-refractivity contribution in [2.45, 2.75) is 0 Å². The van der Waals surface area contributed by atoms with E-state index in [4.69, 9.17) is 9.97 Å². The topological polar surface area (TPSA) is 39.5 Å². The summed E-state index contributed by atoms with van der Waals surface area (Å²) in [7, 11) is 0. The molecule has 0 unspecified atom stereocenters. The van der Waals surface area contributed by atoms with Gasteiger partial charge in [-0.15, -0.1) is 0 Å². The third-order valence-electron chi connectivity index (χ3n) is 12.7. The van der Waals surface area contributed by atoms with Crippen LogP contribution in [0.5, 0.6) is 0 Å². The molecule has 14 aromatic rings. The van der Waals surface area contributed by atoms with Crippen LogP contribution in [0.2, 0.25) is 0 Å². The van der Waals surface area contributed by atoms with Gasteiger partial charge in [-0.2, -0.15) is 0 Å². The Morgan fingerprint density at radius 2 is 0.915 bits per heavy atom. The van der Waals surface area contributed by atoms with E-state index in [1.807, 2.05) is 12.1 Å². The summed E-state index contributed by atoms with van der Waals surface area (Å²) in [5, 5.41) is 9.87. The fourth-order valence-electron chi connectivity index (χ4n) is 10.2. The average Bonchev–Trinajstić information content (AvgIpc) is 3.93. The molecule has 0 spiro atoms. The molecule has 0 atom stereocenters. The number of hydrogen-bond donors (Lipinski definition) is 0. The molecule has 0 bridgehead atoms. The van der Waals surface area contributed by atoms with Gasteiger partial charge in [0.2, 0.25) is 0 Å². The maximum Gasteiger partial charge on any atom is 0.0973 e. The summed E-state index contributed by atoms with van der Waals surface area (Å²) >= 11 is 0. The molecule has 0 N–H and O–H groups in total. The van der Waals surface area contributed by atoms with Crippen molar-refractivity contribution < 1.29 is 0 Å². The standard InChI is InChI=1S/C54H31N5/c1-3-14-32(15-4-1)50-51(33-16-5-2-6-17-33)56-43-30-36(26-27-42(43)55-50)57-47-29-35-19-8-7-18-34(35)28-41(47)49-48(57)31-40-38-21-10-11-23-44(38)58-46-25-13-22-39-37-20-9-12-24-45(37)59(52(39)46)54(49)53(40)58/h1-31H. The Morgan fingerprint density at radius 1 is 0.322 bits per heavy atom. The van der Waals surface area contributed by atoms with Gasteiger partial charge >= 0.3 is 0 Å². The van der Waals surface area contributed by atoms with Crippen molar-refractivity contribution >= 4 is 98.3 Å². The maximum absolute atomic E-state index is 5.43. The quantitative estimate of drug-likeness (QED) is 0.169. The van der Waals surface area contributed by atoms with Crippen LogP contribution in [-0.4, -0.2) is 23.3 Å². The van der Waals surface area contributed by atoms with Crippen molar-refractivity contribution in [2.24, 2.45) is 0 Å². The predicted molar refractivity (Wildman–Crippen MR) is 245 cm³/mol. The Balaban J connectivity index is 1.19. The number of benzene rings is 9. The first kappa shape index (κ1) is 31.1. The molecule has 5 aromatic heterocycles. The van der Waals surface area contributed by atoms with Gasteiger partial charge in [-0.1, -0.05) is 133 Å². The zero-order chi connectivity index (χ0) is 38.3.